The highest BCUT2D eigenvalue weighted by Gasteiger charge is 2.22. The van der Waals surface area contributed by atoms with Crippen molar-refractivity contribution in [3.8, 4) is 23.0 Å². The second-order valence-corrected chi connectivity index (χ2v) is 8.35. The lowest BCUT2D eigenvalue weighted by Crippen LogP contribution is -2.36. The molecule has 0 aliphatic carbocycles. The van der Waals surface area contributed by atoms with E-state index in [1.165, 1.54) is 26.6 Å². The van der Waals surface area contributed by atoms with Gasteiger partial charge in [-0.05, 0) is 25.0 Å². The van der Waals surface area contributed by atoms with E-state index in [0.717, 1.165) is 49.1 Å². The van der Waals surface area contributed by atoms with Crippen LogP contribution in [0, 0.1) is 11.6 Å². The van der Waals surface area contributed by atoms with Gasteiger partial charge >= 0.3 is 0 Å². The Kier molecular flexibility index (Phi) is 8.44. The third-order valence-corrected chi connectivity index (χ3v) is 6.23. The third kappa shape index (κ3) is 5.93. The van der Waals surface area contributed by atoms with E-state index < -0.39 is 18.2 Å². The molecule has 0 atom stereocenters. The zero-order chi connectivity index (χ0) is 26.4. The van der Waals surface area contributed by atoms with Gasteiger partial charge in [-0.15, -0.1) is 0 Å². The maximum atomic E-state index is 14.5. The molecule has 0 radical (unpaired) electrons. The molecule has 198 valence electrons. The molecule has 3 aromatic rings. The van der Waals surface area contributed by atoms with Crippen LogP contribution in [0.1, 0.15) is 18.4 Å². The van der Waals surface area contributed by atoms with Crippen molar-refractivity contribution >= 4 is 17.3 Å². The summed E-state index contributed by atoms with van der Waals surface area (Å²) in [5, 5.41) is 3.12. The topological polar surface area (TPSA) is 87.2 Å². The fourth-order valence-corrected chi connectivity index (χ4v) is 4.15. The summed E-state index contributed by atoms with van der Waals surface area (Å²) in [7, 11) is 5.96. The fourth-order valence-electron chi connectivity index (χ4n) is 4.15. The van der Waals surface area contributed by atoms with E-state index in [1.807, 2.05) is 18.2 Å². The van der Waals surface area contributed by atoms with E-state index in [9.17, 15) is 8.78 Å². The smallest absolute Gasteiger partial charge is 0.227 e. The fraction of sp³-hybridized carbons (Fsp3) is 0.385. The summed E-state index contributed by atoms with van der Waals surface area (Å²) in [6, 6.07) is 6.95. The SMILES string of the molecule is COc1cc(Nc2ncc(OCc3c(F)c(OC)cc(OC)c3F)cn2)ccc1N1CCC(OC)CC1. The molecule has 1 aromatic heterocycles. The Morgan fingerprint density at radius 2 is 1.51 bits per heavy atom. The number of methoxy groups -OCH3 is 4. The second kappa shape index (κ2) is 11.9. The Bertz CT molecular complexity index is 1180. The lowest BCUT2D eigenvalue weighted by molar-refractivity contribution is 0.0818. The molecule has 0 spiro atoms. The highest BCUT2D eigenvalue weighted by atomic mass is 19.1. The van der Waals surface area contributed by atoms with Gasteiger partial charge in [0.2, 0.25) is 5.95 Å². The van der Waals surface area contributed by atoms with Crippen molar-refractivity contribution in [2.24, 2.45) is 0 Å². The van der Waals surface area contributed by atoms with Crippen molar-refractivity contribution in [3.05, 3.63) is 53.9 Å². The Morgan fingerprint density at radius 3 is 2.08 bits per heavy atom. The van der Waals surface area contributed by atoms with Gasteiger partial charge in [0.25, 0.3) is 0 Å². The van der Waals surface area contributed by atoms with Crippen LogP contribution < -0.4 is 29.2 Å². The predicted molar refractivity (Wildman–Crippen MR) is 134 cm³/mol. The van der Waals surface area contributed by atoms with Crippen molar-refractivity contribution in [3.63, 3.8) is 0 Å². The van der Waals surface area contributed by atoms with E-state index in [4.69, 9.17) is 23.7 Å². The van der Waals surface area contributed by atoms with Gasteiger partial charge in [-0.25, -0.2) is 18.7 Å². The van der Waals surface area contributed by atoms with Gasteiger partial charge in [0.05, 0.1) is 51.1 Å². The van der Waals surface area contributed by atoms with Gasteiger partial charge in [0.15, 0.2) is 28.9 Å². The first kappa shape index (κ1) is 26.2. The Balaban J connectivity index is 1.41. The van der Waals surface area contributed by atoms with Gasteiger partial charge in [-0.1, -0.05) is 0 Å². The van der Waals surface area contributed by atoms with E-state index in [2.05, 4.69) is 20.2 Å². The lowest BCUT2D eigenvalue weighted by atomic mass is 10.1. The Labute approximate surface area is 214 Å². The summed E-state index contributed by atoms with van der Waals surface area (Å²) < 4.78 is 55.6. The van der Waals surface area contributed by atoms with Crippen molar-refractivity contribution in [2.45, 2.75) is 25.6 Å². The molecule has 11 heteroatoms. The summed E-state index contributed by atoms with van der Waals surface area (Å²) >= 11 is 0. The number of nitrogens with zero attached hydrogens (tertiary/aromatic N) is 3. The number of piperidine rings is 1. The molecule has 1 aliphatic heterocycles. The molecule has 9 nitrogen and oxygen atoms in total. The minimum absolute atomic E-state index is 0.145. The number of nitrogens with one attached hydrogen (secondary N) is 1. The first-order valence-corrected chi connectivity index (χ1v) is 11.7. The van der Waals surface area contributed by atoms with Crippen LogP contribution in [0.3, 0.4) is 0 Å². The third-order valence-electron chi connectivity index (χ3n) is 6.23. The zero-order valence-corrected chi connectivity index (χ0v) is 21.2. The van der Waals surface area contributed by atoms with Gasteiger partial charge in [-0.3, -0.25) is 0 Å². The lowest BCUT2D eigenvalue weighted by Gasteiger charge is -2.33. The molecule has 0 saturated carbocycles. The minimum atomic E-state index is -0.861. The number of anilines is 3. The van der Waals surface area contributed by atoms with Crippen LogP contribution in [0.15, 0.2) is 36.7 Å². The van der Waals surface area contributed by atoms with Crippen LogP contribution in [-0.4, -0.2) is 57.6 Å². The average molecular weight is 517 g/mol. The van der Waals surface area contributed by atoms with Crippen LogP contribution in [0.4, 0.5) is 26.1 Å². The predicted octanol–water partition coefficient (Wildman–Crippen LogP) is 4.72. The van der Waals surface area contributed by atoms with Crippen LogP contribution >= 0.6 is 0 Å². The molecular formula is C26H30F2N4O5. The Hall–Kier alpha value is -3.86. The summed E-state index contributed by atoms with van der Waals surface area (Å²) in [5.41, 5.74) is 1.44. The maximum absolute atomic E-state index is 14.5. The molecule has 0 unspecified atom stereocenters. The number of hydrogen-bond donors (Lipinski definition) is 1. The average Bonchev–Trinajstić information content (AvgIpc) is 2.94. The molecule has 4 rings (SSSR count). The van der Waals surface area contributed by atoms with E-state index in [-0.39, 0.29) is 22.8 Å². The number of hydrogen-bond acceptors (Lipinski definition) is 9. The van der Waals surface area contributed by atoms with Gasteiger partial charge in [0.1, 0.15) is 12.4 Å². The Morgan fingerprint density at radius 1 is 0.892 bits per heavy atom. The van der Waals surface area contributed by atoms with E-state index in [0.29, 0.717) is 12.1 Å². The summed E-state index contributed by atoms with van der Waals surface area (Å²) in [6.45, 7) is 1.38. The van der Waals surface area contributed by atoms with Gasteiger partial charge < -0.3 is 33.9 Å². The van der Waals surface area contributed by atoms with Gasteiger partial charge in [-0.2, -0.15) is 0 Å². The summed E-state index contributed by atoms with van der Waals surface area (Å²) in [6.07, 6.45) is 5.05. The number of ether oxygens (including phenoxy) is 5. The summed E-state index contributed by atoms with van der Waals surface area (Å²) in [4.78, 5) is 10.8. The molecule has 1 saturated heterocycles. The molecule has 1 N–H and O–H groups in total. The molecule has 0 amide bonds. The number of benzene rings is 2. The highest BCUT2D eigenvalue weighted by Crippen LogP contribution is 2.34. The molecule has 2 heterocycles. The van der Waals surface area contributed by atoms with E-state index in [1.54, 1.807) is 14.2 Å². The number of aromatic nitrogens is 2. The minimum Gasteiger partial charge on any atom is -0.495 e. The largest absolute Gasteiger partial charge is 0.495 e. The molecule has 2 aromatic carbocycles. The molecule has 1 aliphatic rings. The number of halogens is 2. The van der Waals surface area contributed by atoms with Crippen LogP contribution in [0.2, 0.25) is 0 Å². The van der Waals surface area contributed by atoms with Crippen molar-refractivity contribution in [2.75, 3.05) is 51.7 Å². The van der Waals surface area contributed by atoms with Crippen molar-refractivity contribution in [1.29, 1.82) is 0 Å². The molecule has 0 bridgehead atoms. The van der Waals surface area contributed by atoms with Crippen LogP contribution in [-0.2, 0) is 11.3 Å². The van der Waals surface area contributed by atoms with Crippen molar-refractivity contribution in [1.82, 2.24) is 9.97 Å². The quantitative estimate of drug-likeness (QED) is 0.411. The first-order chi connectivity index (χ1) is 18.0. The zero-order valence-electron chi connectivity index (χ0n) is 21.2. The van der Waals surface area contributed by atoms with Crippen LogP contribution in [0.5, 0.6) is 23.0 Å². The highest BCUT2D eigenvalue weighted by molar-refractivity contribution is 5.67. The molecule has 37 heavy (non-hydrogen) atoms. The normalized spacial score (nSPS) is 13.8. The molecule has 1 fully saturated rings. The van der Waals surface area contributed by atoms with E-state index >= 15 is 0 Å². The monoisotopic (exact) mass is 516 g/mol. The number of rotatable bonds is 10. The molecular weight excluding hydrogens is 486 g/mol. The van der Waals surface area contributed by atoms with Gasteiger partial charge in [0, 0.05) is 38.0 Å². The van der Waals surface area contributed by atoms with Crippen molar-refractivity contribution < 1.29 is 32.5 Å². The summed E-state index contributed by atoms with van der Waals surface area (Å²) in [5.74, 6) is -0.719. The first-order valence-electron chi connectivity index (χ1n) is 11.7. The standard InChI is InChI=1S/C26H30F2N4O5/c1-33-17-7-9-32(10-8-17)20-6-5-16(11-21(20)34-2)31-26-29-13-18(14-30-26)37-15-19-24(27)22(35-3)12-23(36-4)25(19)28/h5-6,11-14,17H,7-10,15H2,1-4H3,(H,29,30,31). The maximum Gasteiger partial charge on any atom is 0.227 e. The van der Waals surface area contributed by atoms with Crippen LogP contribution in [0.25, 0.3) is 0 Å². The second-order valence-electron chi connectivity index (χ2n) is 8.35.